The van der Waals surface area contributed by atoms with Gasteiger partial charge in [0.1, 0.15) is 17.2 Å². The zero-order chi connectivity index (χ0) is 18.9. The molecule has 0 saturated carbocycles. The van der Waals surface area contributed by atoms with Crippen LogP contribution in [0.2, 0.25) is 0 Å². The molecule has 2 rings (SSSR count). The number of amides is 1. The van der Waals surface area contributed by atoms with Crippen LogP contribution in [-0.2, 0) is 9.59 Å². The minimum Gasteiger partial charge on any atom is -0.477 e. The normalized spacial score (nSPS) is 10.9. The molecule has 134 valence electrons. The third-order valence-corrected chi connectivity index (χ3v) is 3.99. The summed E-state index contributed by atoms with van der Waals surface area (Å²) in [6, 6.07) is 14.3. The largest absolute Gasteiger partial charge is 0.477 e. The van der Waals surface area contributed by atoms with E-state index in [9.17, 15) is 14.7 Å². The van der Waals surface area contributed by atoms with Crippen LogP contribution in [0.4, 0.5) is 0 Å². The molecule has 1 amide bonds. The molecule has 0 bridgehead atoms. The van der Waals surface area contributed by atoms with E-state index in [0.717, 1.165) is 4.47 Å². The Morgan fingerprint density at radius 2 is 1.85 bits per heavy atom. The monoisotopic (exact) mass is 415 g/mol. The van der Waals surface area contributed by atoms with Gasteiger partial charge >= 0.3 is 5.97 Å². The van der Waals surface area contributed by atoms with Gasteiger partial charge in [0, 0.05) is 6.42 Å². The highest BCUT2D eigenvalue weighted by Crippen LogP contribution is 2.29. The van der Waals surface area contributed by atoms with E-state index in [1.807, 2.05) is 24.3 Å². The first kappa shape index (κ1) is 19.5. The molecule has 0 aliphatic heterocycles. The fourth-order valence-corrected chi connectivity index (χ4v) is 2.42. The fraction of sp³-hybridized carbons (Fsp3) is 0.100. The second-order valence-corrected chi connectivity index (χ2v) is 6.19. The summed E-state index contributed by atoms with van der Waals surface area (Å²) in [7, 11) is 0. The maximum absolute atomic E-state index is 11.7. The van der Waals surface area contributed by atoms with E-state index >= 15 is 0 Å². The molecule has 0 fully saturated rings. The molecule has 2 aromatic carbocycles. The zero-order valence-corrected chi connectivity index (χ0v) is 15.5. The third kappa shape index (κ3) is 5.89. The Balaban J connectivity index is 2.10. The van der Waals surface area contributed by atoms with Crippen molar-refractivity contribution in [2.24, 2.45) is 0 Å². The van der Waals surface area contributed by atoms with Crippen LogP contribution in [0.5, 0.6) is 11.5 Å². The van der Waals surface area contributed by atoms with Gasteiger partial charge in [0.05, 0.1) is 4.47 Å². The molecule has 0 atom stereocenters. The lowest BCUT2D eigenvalue weighted by molar-refractivity contribution is -0.134. The highest BCUT2D eigenvalue weighted by Gasteiger charge is 2.11. The van der Waals surface area contributed by atoms with Gasteiger partial charge in [-0.2, -0.15) is 0 Å². The van der Waals surface area contributed by atoms with Crippen LogP contribution in [0, 0.1) is 0 Å². The van der Waals surface area contributed by atoms with Gasteiger partial charge in [0.25, 0.3) is 0 Å². The van der Waals surface area contributed by atoms with Crippen LogP contribution in [0.15, 0.2) is 71.4 Å². The summed E-state index contributed by atoms with van der Waals surface area (Å²) in [6.45, 7) is 3.53. The van der Waals surface area contributed by atoms with Crippen molar-refractivity contribution in [1.82, 2.24) is 5.32 Å². The number of rotatable bonds is 8. The van der Waals surface area contributed by atoms with E-state index in [1.165, 1.54) is 6.08 Å². The third-order valence-electron chi connectivity index (χ3n) is 3.34. The highest BCUT2D eigenvalue weighted by molar-refractivity contribution is 9.10. The summed E-state index contributed by atoms with van der Waals surface area (Å²) < 4.78 is 6.60. The maximum Gasteiger partial charge on any atom is 0.352 e. The van der Waals surface area contributed by atoms with Crippen molar-refractivity contribution in [1.29, 1.82) is 0 Å². The molecular formula is C20H18BrNO4. The van der Waals surface area contributed by atoms with Gasteiger partial charge in [-0.1, -0.05) is 30.3 Å². The second-order valence-electron chi connectivity index (χ2n) is 5.34. The first-order valence-corrected chi connectivity index (χ1v) is 8.67. The Hall–Kier alpha value is -2.86. The number of ether oxygens (including phenoxy) is 1. The number of hydrogen-bond donors (Lipinski definition) is 2. The number of aliphatic carboxylic acids is 1. The smallest absolute Gasteiger partial charge is 0.352 e. The molecule has 0 aromatic heterocycles. The van der Waals surface area contributed by atoms with E-state index in [-0.39, 0.29) is 18.0 Å². The van der Waals surface area contributed by atoms with E-state index < -0.39 is 5.97 Å². The molecule has 0 saturated heterocycles. The van der Waals surface area contributed by atoms with Crippen molar-refractivity contribution in [2.75, 3.05) is 0 Å². The Morgan fingerprint density at radius 1 is 1.15 bits per heavy atom. The molecule has 6 heteroatoms. The molecule has 2 aromatic rings. The van der Waals surface area contributed by atoms with Crippen LogP contribution in [0.1, 0.15) is 18.4 Å². The summed E-state index contributed by atoms with van der Waals surface area (Å²) in [4.78, 5) is 23.0. The molecular weight excluding hydrogens is 398 g/mol. The summed E-state index contributed by atoms with van der Waals surface area (Å²) >= 11 is 3.41. The average Bonchev–Trinajstić information content (AvgIpc) is 2.62. The predicted molar refractivity (Wildman–Crippen MR) is 104 cm³/mol. The van der Waals surface area contributed by atoms with E-state index in [2.05, 4.69) is 27.8 Å². The van der Waals surface area contributed by atoms with Gasteiger partial charge in [-0.15, -0.1) is 6.58 Å². The second kappa shape index (κ2) is 9.58. The number of para-hydroxylation sites is 1. The Labute approximate surface area is 160 Å². The van der Waals surface area contributed by atoms with Gasteiger partial charge in [-0.05, 0) is 58.3 Å². The molecule has 26 heavy (non-hydrogen) atoms. The lowest BCUT2D eigenvalue weighted by atomic mass is 10.1. The predicted octanol–water partition coefficient (Wildman–Crippen LogP) is 4.75. The first-order chi connectivity index (χ1) is 12.5. The molecule has 0 heterocycles. The number of carboxylic acids is 1. The van der Waals surface area contributed by atoms with Gasteiger partial charge < -0.3 is 15.2 Å². The van der Waals surface area contributed by atoms with Gasteiger partial charge in [-0.25, -0.2) is 4.79 Å². The molecule has 0 radical (unpaired) electrons. The van der Waals surface area contributed by atoms with Crippen LogP contribution in [-0.4, -0.2) is 17.0 Å². The van der Waals surface area contributed by atoms with E-state index in [0.29, 0.717) is 23.5 Å². The number of benzene rings is 2. The van der Waals surface area contributed by atoms with Crippen molar-refractivity contribution in [3.63, 3.8) is 0 Å². The summed E-state index contributed by atoms with van der Waals surface area (Å²) in [5, 5.41) is 11.7. The molecule has 0 aliphatic carbocycles. The summed E-state index contributed by atoms with van der Waals surface area (Å²) in [5.74, 6) is -0.282. The number of allylic oxidation sites excluding steroid dienone is 1. The SMILES string of the molecule is C=CCCC(=O)N/C(=C\c1ccc(Oc2ccccc2Br)cc1)C(=O)O. The van der Waals surface area contributed by atoms with Crippen molar-refractivity contribution >= 4 is 33.9 Å². The van der Waals surface area contributed by atoms with Crippen LogP contribution in [0.25, 0.3) is 6.08 Å². The minimum atomic E-state index is -1.20. The first-order valence-electron chi connectivity index (χ1n) is 7.88. The van der Waals surface area contributed by atoms with Crippen molar-refractivity contribution in [2.45, 2.75) is 12.8 Å². The summed E-state index contributed by atoms with van der Waals surface area (Å²) in [6.07, 6.45) is 3.68. The van der Waals surface area contributed by atoms with E-state index in [1.54, 1.807) is 30.3 Å². The van der Waals surface area contributed by atoms with Crippen molar-refractivity contribution in [3.05, 3.63) is 76.9 Å². The highest BCUT2D eigenvalue weighted by atomic mass is 79.9. The Kier molecular flexibility index (Phi) is 7.17. The number of hydrogen-bond acceptors (Lipinski definition) is 3. The van der Waals surface area contributed by atoms with Gasteiger partial charge in [0.15, 0.2) is 0 Å². The molecule has 5 nitrogen and oxygen atoms in total. The molecule has 0 unspecified atom stereocenters. The summed E-state index contributed by atoms with van der Waals surface area (Å²) in [5.41, 5.74) is 0.449. The molecule has 2 N–H and O–H groups in total. The van der Waals surface area contributed by atoms with E-state index in [4.69, 9.17) is 4.74 Å². The minimum absolute atomic E-state index is 0.182. The number of carboxylic acid groups (broad SMARTS) is 1. The topological polar surface area (TPSA) is 75.6 Å². The number of carbonyl (C=O) groups is 2. The Bertz CT molecular complexity index is 828. The lowest BCUT2D eigenvalue weighted by Gasteiger charge is -2.08. The fourth-order valence-electron chi connectivity index (χ4n) is 2.05. The van der Waals surface area contributed by atoms with Crippen LogP contribution >= 0.6 is 15.9 Å². The lowest BCUT2D eigenvalue weighted by Crippen LogP contribution is -2.26. The van der Waals surface area contributed by atoms with Gasteiger partial charge in [0.2, 0.25) is 5.91 Å². The molecule has 0 spiro atoms. The average molecular weight is 416 g/mol. The quantitative estimate of drug-likeness (QED) is 0.481. The Morgan fingerprint density at radius 3 is 2.46 bits per heavy atom. The number of halogens is 1. The van der Waals surface area contributed by atoms with Crippen molar-refractivity contribution < 1.29 is 19.4 Å². The zero-order valence-electron chi connectivity index (χ0n) is 13.9. The van der Waals surface area contributed by atoms with Crippen LogP contribution < -0.4 is 10.1 Å². The number of nitrogens with one attached hydrogen (secondary N) is 1. The maximum atomic E-state index is 11.7. The van der Waals surface area contributed by atoms with Gasteiger partial charge in [-0.3, -0.25) is 4.79 Å². The molecule has 0 aliphatic rings. The standard InChI is InChI=1S/C20H18BrNO4/c1-2-3-8-19(23)22-17(20(24)25)13-14-9-11-15(12-10-14)26-18-7-5-4-6-16(18)21/h2,4-7,9-13H,1,3,8H2,(H,22,23)(H,24,25)/b17-13-. The number of carbonyl (C=O) groups excluding carboxylic acids is 1. The van der Waals surface area contributed by atoms with Crippen LogP contribution in [0.3, 0.4) is 0 Å². The van der Waals surface area contributed by atoms with Crippen molar-refractivity contribution in [3.8, 4) is 11.5 Å².